The van der Waals surface area contributed by atoms with Crippen molar-refractivity contribution in [3.05, 3.63) is 54.9 Å². The molecule has 0 spiro atoms. The van der Waals surface area contributed by atoms with Crippen LogP contribution < -0.4 is 4.72 Å². The van der Waals surface area contributed by atoms with Gasteiger partial charge in [0.25, 0.3) is 0 Å². The molecule has 0 saturated heterocycles. The summed E-state index contributed by atoms with van der Waals surface area (Å²) in [6.45, 7) is 0. The van der Waals surface area contributed by atoms with Crippen LogP contribution in [0.25, 0.3) is 16.9 Å². The number of benzene rings is 1. The minimum absolute atomic E-state index is 0.526. The van der Waals surface area contributed by atoms with Gasteiger partial charge in [-0.05, 0) is 18.2 Å². The number of para-hydroxylation sites is 1. The molecule has 5 nitrogen and oxygen atoms in total. The first kappa shape index (κ1) is 12.7. The molecule has 6 heteroatoms. The van der Waals surface area contributed by atoms with Gasteiger partial charge in [-0.2, -0.15) is 0 Å². The third-order valence-electron chi connectivity index (χ3n) is 2.86. The summed E-state index contributed by atoms with van der Waals surface area (Å²) in [5, 5.41) is 0. The van der Waals surface area contributed by atoms with E-state index in [1.807, 2.05) is 47.1 Å². The predicted molar refractivity (Wildman–Crippen MR) is 79.1 cm³/mol. The molecule has 0 atom stereocenters. The van der Waals surface area contributed by atoms with Crippen LogP contribution in [0.2, 0.25) is 0 Å². The van der Waals surface area contributed by atoms with Gasteiger partial charge in [0, 0.05) is 18.0 Å². The maximum absolute atomic E-state index is 11.4. The molecule has 0 aliphatic carbocycles. The molecule has 2 heterocycles. The van der Waals surface area contributed by atoms with Gasteiger partial charge in [0.1, 0.15) is 5.65 Å². The zero-order valence-corrected chi connectivity index (χ0v) is 11.6. The van der Waals surface area contributed by atoms with Gasteiger partial charge in [0.15, 0.2) is 0 Å². The Labute approximate surface area is 117 Å². The first-order chi connectivity index (χ1) is 9.53. The first-order valence-corrected chi connectivity index (χ1v) is 7.93. The van der Waals surface area contributed by atoms with Crippen molar-refractivity contribution in [1.82, 2.24) is 9.38 Å². The summed E-state index contributed by atoms with van der Waals surface area (Å²) in [5.41, 5.74) is 2.82. The lowest BCUT2D eigenvalue weighted by molar-refractivity contribution is 0.607. The molecule has 0 fully saturated rings. The maximum Gasteiger partial charge on any atom is 0.229 e. The number of pyridine rings is 1. The summed E-state index contributed by atoms with van der Waals surface area (Å²) in [7, 11) is -3.32. The minimum Gasteiger partial charge on any atom is -0.306 e. The second kappa shape index (κ2) is 4.64. The highest BCUT2D eigenvalue weighted by molar-refractivity contribution is 7.92. The number of nitrogens with one attached hydrogen (secondary N) is 1. The number of rotatable bonds is 3. The Morgan fingerprint density at radius 2 is 1.85 bits per heavy atom. The van der Waals surface area contributed by atoms with Crippen LogP contribution in [0.4, 0.5) is 5.69 Å². The van der Waals surface area contributed by atoms with Gasteiger partial charge in [0.05, 0.1) is 17.6 Å². The lowest BCUT2D eigenvalue weighted by atomic mass is 10.1. The molecule has 0 saturated carbocycles. The molecule has 20 heavy (non-hydrogen) atoms. The van der Waals surface area contributed by atoms with E-state index in [1.54, 1.807) is 12.1 Å². The first-order valence-electron chi connectivity index (χ1n) is 6.04. The monoisotopic (exact) mass is 287 g/mol. The van der Waals surface area contributed by atoms with E-state index in [1.165, 1.54) is 0 Å². The molecule has 0 aliphatic heterocycles. The van der Waals surface area contributed by atoms with Crippen LogP contribution in [0.3, 0.4) is 0 Å². The molecule has 1 N–H and O–H groups in total. The normalized spacial score (nSPS) is 11.7. The van der Waals surface area contributed by atoms with Crippen molar-refractivity contribution in [3.63, 3.8) is 0 Å². The van der Waals surface area contributed by atoms with Gasteiger partial charge in [0.2, 0.25) is 10.0 Å². The standard InChI is InChI=1S/C14H13N3O2S/c1-20(18,19)16-12-7-3-2-6-11(12)13-10-17-9-5-4-8-14(17)15-13/h2-10,16H,1H3. The average Bonchev–Trinajstić information content (AvgIpc) is 2.81. The Balaban J connectivity index is 2.14. The smallest absolute Gasteiger partial charge is 0.229 e. The second-order valence-corrected chi connectivity index (χ2v) is 6.26. The van der Waals surface area contributed by atoms with E-state index >= 15 is 0 Å². The number of anilines is 1. The van der Waals surface area contributed by atoms with E-state index in [0.29, 0.717) is 5.69 Å². The van der Waals surface area contributed by atoms with Crippen LogP contribution in [0, 0.1) is 0 Å². The minimum atomic E-state index is -3.32. The van der Waals surface area contributed by atoms with Gasteiger partial charge >= 0.3 is 0 Å². The average molecular weight is 287 g/mol. The molecule has 3 rings (SSSR count). The van der Waals surface area contributed by atoms with E-state index < -0.39 is 10.0 Å². The largest absolute Gasteiger partial charge is 0.306 e. The number of aromatic nitrogens is 2. The van der Waals surface area contributed by atoms with Crippen LogP contribution in [-0.4, -0.2) is 24.1 Å². The van der Waals surface area contributed by atoms with E-state index in [0.717, 1.165) is 23.2 Å². The summed E-state index contributed by atoms with van der Waals surface area (Å²) < 4.78 is 27.3. The highest BCUT2D eigenvalue weighted by Gasteiger charge is 2.11. The molecule has 3 aromatic rings. The number of hydrogen-bond acceptors (Lipinski definition) is 3. The third kappa shape index (κ3) is 2.50. The second-order valence-electron chi connectivity index (χ2n) is 4.51. The van der Waals surface area contributed by atoms with Crippen LogP contribution in [0.5, 0.6) is 0 Å². The van der Waals surface area contributed by atoms with Crippen molar-refractivity contribution >= 4 is 21.4 Å². The van der Waals surface area contributed by atoms with E-state index in [9.17, 15) is 8.42 Å². The van der Waals surface area contributed by atoms with Crippen LogP contribution in [0.15, 0.2) is 54.9 Å². The third-order valence-corrected chi connectivity index (χ3v) is 3.45. The fourth-order valence-corrected chi connectivity index (χ4v) is 2.64. The summed E-state index contributed by atoms with van der Waals surface area (Å²) in [4.78, 5) is 4.50. The van der Waals surface area contributed by atoms with Gasteiger partial charge in [-0.3, -0.25) is 4.72 Å². The van der Waals surface area contributed by atoms with Crippen molar-refractivity contribution in [1.29, 1.82) is 0 Å². The van der Waals surface area contributed by atoms with Gasteiger partial charge in [-0.25, -0.2) is 13.4 Å². The number of hydrogen-bond donors (Lipinski definition) is 1. The van der Waals surface area contributed by atoms with Crippen LogP contribution >= 0.6 is 0 Å². The molecule has 2 aromatic heterocycles. The Morgan fingerprint density at radius 1 is 1.10 bits per heavy atom. The summed E-state index contributed by atoms with van der Waals surface area (Å²) in [6.07, 6.45) is 4.91. The van der Waals surface area contributed by atoms with Crippen molar-refractivity contribution in [2.45, 2.75) is 0 Å². The molecule has 0 radical (unpaired) electrons. The number of nitrogens with zero attached hydrogens (tertiary/aromatic N) is 2. The highest BCUT2D eigenvalue weighted by atomic mass is 32.2. The van der Waals surface area contributed by atoms with E-state index in [-0.39, 0.29) is 0 Å². The fraction of sp³-hybridized carbons (Fsp3) is 0.0714. The molecule has 0 aliphatic rings. The number of fused-ring (bicyclic) bond motifs is 1. The van der Waals surface area contributed by atoms with Crippen LogP contribution in [0.1, 0.15) is 0 Å². The summed E-state index contributed by atoms with van der Waals surface area (Å²) >= 11 is 0. The highest BCUT2D eigenvalue weighted by Crippen LogP contribution is 2.27. The molecule has 0 amide bonds. The maximum atomic E-state index is 11.4. The molecular weight excluding hydrogens is 274 g/mol. The lowest BCUT2D eigenvalue weighted by Gasteiger charge is -2.08. The summed E-state index contributed by atoms with van der Waals surface area (Å²) in [5.74, 6) is 0. The van der Waals surface area contributed by atoms with Crippen LogP contribution in [-0.2, 0) is 10.0 Å². The fourth-order valence-electron chi connectivity index (χ4n) is 2.06. The topological polar surface area (TPSA) is 63.5 Å². The Hall–Kier alpha value is -2.34. The quantitative estimate of drug-likeness (QED) is 0.804. The van der Waals surface area contributed by atoms with Crippen molar-refractivity contribution in [2.24, 2.45) is 0 Å². The Kier molecular flexibility index (Phi) is 2.94. The lowest BCUT2D eigenvalue weighted by Crippen LogP contribution is -2.10. The number of imidazole rings is 1. The van der Waals surface area contributed by atoms with Crippen molar-refractivity contribution in [2.75, 3.05) is 11.0 Å². The molecular formula is C14H13N3O2S. The Morgan fingerprint density at radius 3 is 2.60 bits per heavy atom. The van der Waals surface area contributed by atoms with Crippen molar-refractivity contribution in [3.8, 4) is 11.3 Å². The Bertz CT molecular complexity index is 836. The van der Waals surface area contributed by atoms with Crippen molar-refractivity contribution < 1.29 is 8.42 Å². The molecule has 1 aromatic carbocycles. The molecule has 0 bridgehead atoms. The molecule has 102 valence electrons. The van der Waals surface area contributed by atoms with E-state index in [2.05, 4.69) is 9.71 Å². The SMILES string of the molecule is CS(=O)(=O)Nc1ccccc1-c1cn2ccccc2n1. The van der Waals surface area contributed by atoms with E-state index in [4.69, 9.17) is 0 Å². The van der Waals surface area contributed by atoms with Gasteiger partial charge in [-0.1, -0.05) is 24.3 Å². The predicted octanol–water partition coefficient (Wildman–Crippen LogP) is 2.37. The zero-order chi connectivity index (χ0) is 14.2. The molecule has 0 unspecified atom stereocenters. The number of sulfonamides is 1. The van der Waals surface area contributed by atoms with Gasteiger partial charge < -0.3 is 4.40 Å². The summed E-state index contributed by atoms with van der Waals surface area (Å²) in [6, 6.07) is 12.9. The van der Waals surface area contributed by atoms with Gasteiger partial charge in [-0.15, -0.1) is 0 Å². The zero-order valence-electron chi connectivity index (χ0n) is 10.8.